The SMILES string of the molecule is C=CCn1c(C)nnc1SCCN1C(=O)c2ccccc2S1(=O)=O. The number of amides is 1. The summed E-state index contributed by atoms with van der Waals surface area (Å²) in [7, 11) is -3.75. The zero-order chi connectivity index (χ0) is 17.3. The lowest BCUT2D eigenvalue weighted by Crippen LogP contribution is -2.32. The molecule has 0 spiro atoms. The zero-order valence-corrected chi connectivity index (χ0v) is 14.7. The highest BCUT2D eigenvalue weighted by Gasteiger charge is 2.40. The number of rotatable bonds is 6. The highest BCUT2D eigenvalue weighted by molar-refractivity contribution is 7.99. The third-order valence-electron chi connectivity index (χ3n) is 3.65. The van der Waals surface area contributed by atoms with Crippen LogP contribution < -0.4 is 0 Å². The van der Waals surface area contributed by atoms with Crippen LogP contribution in [0.25, 0.3) is 0 Å². The van der Waals surface area contributed by atoms with Crippen molar-refractivity contribution >= 4 is 27.7 Å². The van der Waals surface area contributed by atoms with Crippen LogP contribution in [0.4, 0.5) is 0 Å². The van der Waals surface area contributed by atoms with Gasteiger partial charge in [-0.1, -0.05) is 30.0 Å². The van der Waals surface area contributed by atoms with Crippen LogP contribution in [-0.4, -0.2) is 45.7 Å². The Hall–Kier alpha value is -2.13. The molecule has 7 nitrogen and oxygen atoms in total. The summed E-state index contributed by atoms with van der Waals surface area (Å²) in [6.45, 7) is 6.19. The molecule has 1 aliphatic heterocycles. The molecule has 0 N–H and O–H groups in total. The van der Waals surface area contributed by atoms with E-state index in [4.69, 9.17) is 0 Å². The fraction of sp³-hybridized carbons (Fsp3) is 0.267. The van der Waals surface area contributed by atoms with Gasteiger partial charge >= 0.3 is 0 Å². The first-order valence-corrected chi connectivity index (χ1v) is 9.69. The summed E-state index contributed by atoms with van der Waals surface area (Å²) >= 11 is 1.36. The molecule has 3 rings (SSSR count). The maximum absolute atomic E-state index is 12.5. The van der Waals surface area contributed by atoms with Gasteiger partial charge in [-0.2, -0.15) is 0 Å². The molecular formula is C15H16N4O3S2. The van der Waals surface area contributed by atoms with E-state index >= 15 is 0 Å². The van der Waals surface area contributed by atoms with E-state index in [-0.39, 0.29) is 17.0 Å². The number of carbonyl (C=O) groups is 1. The van der Waals surface area contributed by atoms with E-state index in [1.54, 1.807) is 18.2 Å². The predicted molar refractivity (Wildman–Crippen MR) is 90.3 cm³/mol. The largest absolute Gasteiger partial charge is 0.302 e. The Morgan fingerprint density at radius 3 is 2.75 bits per heavy atom. The number of benzene rings is 1. The molecule has 9 heteroatoms. The van der Waals surface area contributed by atoms with Gasteiger partial charge in [0.25, 0.3) is 15.9 Å². The zero-order valence-electron chi connectivity index (χ0n) is 13.0. The summed E-state index contributed by atoms with van der Waals surface area (Å²) < 4.78 is 27.7. The minimum absolute atomic E-state index is 0.0747. The van der Waals surface area contributed by atoms with Crippen molar-refractivity contribution in [3.63, 3.8) is 0 Å². The number of fused-ring (bicyclic) bond motifs is 1. The van der Waals surface area contributed by atoms with Gasteiger partial charge in [0.2, 0.25) is 0 Å². The molecule has 0 fully saturated rings. The summed E-state index contributed by atoms with van der Waals surface area (Å²) in [5.41, 5.74) is 0.230. The molecule has 0 saturated carbocycles. The quantitative estimate of drug-likeness (QED) is 0.573. The van der Waals surface area contributed by atoms with Crippen molar-refractivity contribution in [3.05, 3.63) is 48.3 Å². The van der Waals surface area contributed by atoms with Gasteiger partial charge in [0, 0.05) is 18.8 Å². The number of sulfonamides is 1. The Morgan fingerprint density at radius 1 is 1.29 bits per heavy atom. The second-order valence-electron chi connectivity index (χ2n) is 5.16. The number of carbonyl (C=O) groups excluding carboxylic acids is 1. The van der Waals surface area contributed by atoms with Crippen LogP contribution in [0.3, 0.4) is 0 Å². The van der Waals surface area contributed by atoms with Crippen molar-refractivity contribution in [2.45, 2.75) is 23.5 Å². The fourth-order valence-electron chi connectivity index (χ4n) is 2.48. The molecule has 0 bridgehead atoms. The third kappa shape index (κ3) is 2.73. The summed E-state index contributed by atoms with van der Waals surface area (Å²) in [6, 6.07) is 6.26. The molecule has 0 aliphatic carbocycles. The number of allylic oxidation sites excluding steroid dienone is 1. The average molecular weight is 364 g/mol. The highest BCUT2D eigenvalue weighted by atomic mass is 32.2. The first-order chi connectivity index (χ1) is 11.5. The monoisotopic (exact) mass is 364 g/mol. The number of aryl methyl sites for hydroxylation is 1. The Labute approximate surface area is 144 Å². The van der Waals surface area contributed by atoms with Gasteiger partial charge in [0.05, 0.1) is 5.56 Å². The van der Waals surface area contributed by atoms with Crippen LogP contribution in [0.5, 0.6) is 0 Å². The van der Waals surface area contributed by atoms with E-state index in [0.717, 1.165) is 10.1 Å². The van der Waals surface area contributed by atoms with E-state index in [0.29, 0.717) is 17.5 Å². The van der Waals surface area contributed by atoms with Crippen molar-refractivity contribution in [2.24, 2.45) is 0 Å². The predicted octanol–water partition coefficient (Wildman–Crippen LogP) is 1.71. The average Bonchev–Trinajstić information content (AvgIpc) is 3.00. The van der Waals surface area contributed by atoms with Crippen molar-refractivity contribution in [1.82, 2.24) is 19.1 Å². The van der Waals surface area contributed by atoms with Crippen LogP contribution in [0.1, 0.15) is 16.2 Å². The molecule has 0 atom stereocenters. The molecule has 1 aromatic heterocycles. The van der Waals surface area contributed by atoms with E-state index in [1.807, 2.05) is 11.5 Å². The molecule has 24 heavy (non-hydrogen) atoms. The standard InChI is InChI=1S/C15H16N4O3S2/c1-3-8-18-11(2)16-17-15(18)23-10-9-19-14(20)12-6-4-5-7-13(12)24(19,21)22/h3-7H,1,8-10H2,2H3. The van der Waals surface area contributed by atoms with Crippen molar-refractivity contribution in [2.75, 3.05) is 12.3 Å². The van der Waals surface area contributed by atoms with Crippen LogP contribution in [0.15, 0.2) is 47.0 Å². The van der Waals surface area contributed by atoms with Gasteiger partial charge in [-0.3, -0.25) is 4.79 Å². The minimum Gasteiger partial charge on any atom is -0.302 e. The van der Waals surface area contributed by atoms with Gasteiger partial charge in [-0.15, -0.1) is 16.8 Å². The van der Waals surface area contributed by atoms with Gasteiger partial charge in [-0.05, 0) is 19.1 Å². The fourth-order valence-corrected chi connectivity index (χ4v) is 5.08. The van der Waals surface area contributed by atoms with Gasteiger partial charge in [-0.25, -0.2) is 12.7 Å². The summed E-state index contributed by atoms with van der Waals surface area (Å²) in [6.07, 6.45) is 1.74. The number of nitrogens with zero attached hydrogens (tertiary/aromatic N) is 4. The van der Waals surface area contributed by atoms with Gasteiger partial charge < -0.3 is 4.57 Å². The van der Waals surface area contributed by atoms with Crippen molar-refractivity contribution in [1.29, 1.82) is 0 Å². The second kappa shape index (κ2) is 6.40. The normalized spacial score (nSPS) is 15.5. The van der Waals surface area contributed by atoms with E-state index in [2.05, 4.69) is 16.8 Å². The van der Waals surface area contributed by atoms with Gasteiger partial charge in [0.15, 0.2) is 5.16 Å². The number of thioether (sulfide) groups is 1. The van der Waals surface area contributed by atoms with Crippen molar-refractivity contribution < 1.29 is 13.2 Å². The maximum atomic E-state index is 12.5. The molecular weight excluding hydrogens is 348 g/mol. The van der Waals surface area contributed by atoms with E-state index in [1.165, 1.54) is 23.9 Å². The molecule has 2 heterocycles. The van der Waals surface area contributed by atoms with Crippen molar-refractivity contribution in [3.8, 4) is 0 Å². The van der Waals surface area contributed by atoms with Crippen LogP contribution in [0.2, 0.25) is 0 Å². The first kappa shape index (κ1) is 16.7. The van der Waals surface area contributed by atoms with Crippen LogP contribution in [0, 0.1) is 6.92 Å². The minimum atomic E-state index is -3.75. The molecule has 0 saturated heterocycles. The van der Waals surface area contributed by atoms with E-state index in [9.17, 15) is 13.2 Å². The molecule has 0 unspecified atom stereocenters. The second-order valence-corrected chi connectivity index (χ2v) is 8.05. The lowest BCUT2D eigenvalue weighted by molar-refractivity contribution is 0.0876. The lowest BCUT2D eigenvalue weighted by Gasteiger charge is -2.14. The van der Waals surface area contributed by atoms with Crippen LogP contribution in [-0.2, 0) is 16.6 Å². The molecule has 126 valence electrons. The maximum Gasteiger partial charge on any atom is 0.269 e. The number of aromatic nitrogens is 3. The first-order valence-electron chi connectivity index (χ1n) is 7.26. The van der Waals surface area contributed by atoms with Gasteiger partial charge in [0.1, 0.15) is 10.7 Å². The smallest absolute Gasteiger partial charge is 0.269 e. The van der Waals surface area contributed by atoms with E-state index < -0.39 is 15.9 Å². The van der Waals surface area contributed by atoms with Crippen LogP contribution >= 0.6 is 11.8 Å². The number of hydrogen-bond acceptors (Lipinski definition) is 6. The Morgan fingerprint density at radius 2 is 2.04 bits per heavy atom. The topological polar surface area (TPSA) is 85.2 Å². The molecule has 2 aromatic rings. The molecule has 1 aliphatic rings. The Kier molecular flexibility index (Phi) is 4.46. The number of hydrogen-bond donors (Lipinski definition) is 0. The Bertz CT molecular complexity index is 905. The summed E-state index contributed by atoms with van der Waals surface area (Å²) in [4.78, 5) is 12.4. The molecule has 1 amide bonds. The molecule has 0 radical (unpaired) electrons. The third-order valence-corrected chi connectivity index (χ3v) is 6.44. The molecule has 1 aromatic carbocycles. The summed E-state index contributed by atoms with van der Waals surface area (Å²) in [5.74, 6) is 0.679. The highest BCUT2D eigenvalue weighted by Crippen LogP contribution is 2.30. The Balaban J connectivity index is 1.73. The lowest BCUT2D eigenvalue weighted by atomic mass is 10.2. The summed E-state index contributed by atoms with van der Waals surface area (Å²) in [5, 5.41) is 8.75.